The Balaban J connectivity index is 2.73. The molecule has 0 bridgehead atoms. The maximum absolute atomic E-state index is 10.7. The number of hydrogen-bond acceptors (Lipinski definition) is 2. The highest BCUT2D eigenvalue weighted by Crippen LogP contribution is 2.09. The average Bonchev–Trinajstić information content (AvgIpc) is 2.51. The van der Waals surface area contributed by atoms with Crippen molar-refractivity contribution in [1.82, 2.24) is 10.3 Å². The Labute approximate surface area is 70.6 Å². The summed E-state index contributed by atoms with van der Waals surface area (Å²) in [5.74, 6) is -0.862. The molecule has 1 unspecified atom stereocenters. The number of carbonyl (C=O) groups is 1. The number of hydrogen-bond donors (Lipinski definition) is 3. The molecule has 0 aliphatic rings. The van der Waals surface area contributed by atoms with Crippen molar-refractivity contribution < 1.29 is 9.90 Å². The minimum Gasteiger partial charge on any atom is -0.480 e. The van der Waals surface area contributed by atoms with Crippen molar-refractivity contribution in [3.8, 4) is 0 Å². The van der Waals surface area contributed by atoms with Crippen LogP contribution in [0.2, 0.25) is 0 Å². The zero-order valence-electron chi connectivity index (χ0n) is 6.87. The van der Waals surface area contributed by atoms with E-state index in [1.807, 2.05) is 6.92 Å². The lowest BCUT2D eigenvalue weighted by molar-refractivity contribution is -0.139. The Morgan fingerprint density at radius 2 is 2.58 bits per heavy atom. The van der Waals surface area contributed by atoms with Gasteiger partial charge in [0.15, 0.2) is 0 Å². The number of aromatic nitrogens is 1. The van der Waals surface area contributed by atoms with Crippen molar-refractivity contribution in [3.63, 3.8) is 0 Å². The molecule has 1 aromatic rings. The zero-order chi connectivity index (χ0) is 8.97. The van der Waals surface area contributed by atoms with Gasteiger partial charge in [-0.15, -0.1) is 0 Å². The number of H-pyrrole nitrogens is 1. The second-order valence-corrected chi connectivity index (χ2v) is 2.45. The molecule has 1 rings (SSSR count). The molecular formula is C8H12N2O2. The van der Waals surface area contributed by atoms with E-state index in [1.165, 1.54) is 0 Å². The first-order valence-corrected chi connectivity index (χ1v) is 3.85. The molecule has 0 aliphatic carbocycles. The first-order chi connectivity index (χ1) is 5.75. The van der Waals surface area contributed by atoms with Crippen LogP contribution in [-0.4, -0.2) is 22.6 Å². The molecule has 1 atom stereocenters. The van der Waals surface area contributed by atoms with Gasteiger partial charge in [0.2, 0.25) is 0 Å². The smallest absolute Gasteiger partial charge is 0.326 e. The fourth-order valence-corrected chi connectivity index (χ4v) is 1.06. The summed E-state index contributed by atoms with van der Waals surface area (Å²) in [6.07, 6.45) is 1.71. The molecule has 4 nitrogen and oxygen atoms in total. The Morgan fingerprint density at radius 1 is 1.83 bits per heavy atom. The SMILES string of the molecule is CCNC(C(=O)O)c1ccc[nH]1. The van der Waals surface area contributed by atoms with E-state index in [0.29, 0.717) is 12.2 Å². The Bertz CT molecular complexity index is 244. The van der Waals surface area contributed by atoms with Crippen LogP contribution in [0, 0.1) is 0 Å². The van der Waals surface area contributed by atoms with Gasteiger partial charge in [0.1, 0.15) is 6.04 Å². The summed E-state index contributed by atoms with van der Waals surface area (Å²) in [6, 6.07) is 2.91. The number of aromatic amines is 1. The monoisotopic (exact) mass is 168 g/mol. The van der Waals surface area contributed by atoms with Gasteiger partial charge in [-0.3, -0.25) is 10.1 Å². The van der Waals surface area contributed by atoms with Crippen LogP contribution in [0.15, 0.2) is 18.3 Å². The molecule has 0 aliphatic heterocycles. The van der Waals surface area contributed by atoms with Crippen molar-refractivity contribution in [2.75, 3.05) is 6.54 Å². The Kier molecular flexibility index (Phi) is 2.88. The van der Waals surface area contributed by atoms with Gasteiger partial charge in [-0.1, -0.05) is 6.92 Å². The molecule has 0 saturated carbocycles. The van der Waals surface area contributed by atoms with Crippen molar-refractivity contribution in [3.05, 3.63) is 24.0 Å². The van der Waals surface area contributed by atoms with E-state index in [4.69, 9.17) is 5.11 Å². The van der Waals surface area contributed by atoms with E-state index in [2.05, 4.69) is 10.3 Å². The number of carboxylic acid groups (broad SMARTS) is 1. The van der Waals surface area contributed by atoms with E-state index in [-0.39, 0.29) is 0 Å². The molecule has 0 aromatic carbocycles. The quantitative estimate of drug-likeness (QED) is 0.621. The minimum atomic E-state index is -0.862. The molecule has 0 spiro atoms. The molecule has 1 heterocycles. The highest BCUT2D eigenvalue weighted by Gasteiger charge is 2.18. The highest BCUT2D eigenvalue weighted by atomic mass is 16.4. The Hall–Kier alpha value is -1.29. The third-order valence-electron chi connectivity index (χ3n) is 1.59. The van der Waals surface area contributed by atoms with Crippen LogP contribution in [0.3, 0.4) is 0 Å². The summed E-state index contributed by atoms with van der Waals surface area (Å²) in [4.78, 5) is 13.6. The molecule has 4 heteroatoms. The van der Waals surface area contributed by atoms with Gasteiger partial charge >= 0.3 is 5.97 Å². The van der Waals surface area contributed by atoms with Gasteiger partial charge in [-0.25, -0.2) is 0 Å². The second-order valence-electron chi connectivity index (χ2n) is 2.45. The predicted molar refractivity (Wildman–Crippen MR) is 44.8 cm³/mol. The first-order valence-electron chi connectivity index (χ1n) is 3.85. The van der Waals surface area contributed by atoms with Gasteiger partial charge in [0.05, 0.1) is 0 Å². The lowest BCUT2D eigenvalue weighted by atomic mass is 10.2. The molecule has 66 valence electrons. The summed E-state index contributed by atoms with van der Waals surface area (Å²) >= 11 is 0. The maximum Gasteiger partial charge on any atom is 0.326 e. The van der Waals surface area contributed by atoms with Crippen molar-refractivity contribution in [2.45, 2.75) is 13.0 Å². The summed E-state index contributed by atoms with van der Waals surface area (Å²) in [5, 5.41) is 11.6. The fraction of sp³-hybridized carbons (Fsp3) is 0.375. The maximum atomic E-state index is 10.7. The largest absolute Gasteiger partial charge is 0.480 e. The van der Waals surface area contributed by atoms with Crippen LogP contribution < -0.4 is 5.32 Å². The highest BCUT2D eigenvalue weighted by molar-refractivity contribution is 5.74. The van der Waals surface area contributed by atoms with Gasteiger partial charge in [0.25, 0.3) is 0 Å². The Morgan fingerprint density at radius 3 is 3.00 bits per heavy atom. The summed E-state index contributed by atoms with van der Waals surface area (Å²) < 4.78 is 0. The van der Waals surface area contributed by atoms with Crippen molar-refractivity contribution in [1.29, 1.82) is 0 Å². The van der Waals surface area contributed by atoms with Crippen LogP contribution in [0.1, 0.15) is 18.7 Å². The van der Waals surface area contributed by atoms with Crippen LogP contribution >= 0.6 is 0 Å². The predicted octanol–water partition coefficient (Wildman–Crippen LogP) is 0.750. The summed E-state index contributed by atoms with van der Waals surface area (Å²) in [6.45, 7) is 2.51. The van der Waals surface area contributed by atoms with Crippen LogP contribution in [0.5, 0.6) is 0 Å². The van der Waals surface area contributed by atoms with Gasteiger partial charge in [-0.05, 0) is 18.7 Å². The van der Waals surface area contributed by atoms with Gasteiger partial charge in [0, 0.05) is 11.9 Å². The van der Waals surface area contributed by atoms with Crippen LogP contribution in [0.25, 0.3) is 0 Å². The van der Waals surface area contributed by atoms with E-state index in [0.717, 1.165) is 0 Å². The number of aliphatic carboxylic acids is 1. The van der Waals surface area contributed by atoms with E-state index < -0.39 is 12.0 Å². The first kappa shape index (κ1) is 8.80. The molecule has 0 amide bonds. The number of rotatable bonds is 4. The van der Waals surface area contributed by atoms with Crippen LogP contribution in [-0.2, 0) is 4.79 Å². The lowest BCUT2D eigenvalue weighted by Gasteiger charge is -2.10. The molecule has 1 aromatic heterocycles. The second kappa shape index (κ2) is 3.92. The van der Waals surface area contributed by atoms with Crippen molar-refractivity contribution >= 4 is 5.97 Å². The zero-order valence-corrected chi connectivity index (χ0v) is 6.87. The minimum absolute atomic E-state index is 0.620. The number of likely N-dealkylation sites (N-methyl/N-ethyl adjacent to an activating group) is 1. The summed E-state index contributed by atoms with van der Waals surface area (Å²) in [5.41, 5.74) is 0.685. The lowest BCUT2D eigenvalue weighted by Crippen LogP contribution is -2.28. The van der Waals surface area contributed by atoms with Gasteiger partial charge < -0.3 is 10.1 Å². The molecule has 0 radical (unpaired) electrons. The molecular weight excluding hydrogens is 156 g/mol. The third-order valence-corrected chi connectivity index (χ3v) is 1.59. The number of carboxylic acids is 1. The van der Waals surface area contributed by atoms with Crippen molar-refractivity contribution in [2.24, 2.45) is 0 Å². The summed E-state index contributed by atoms with van der Waals surface area (Å²) in [7, 11) is 0. The molecule has 0 fully saturated rings. The van der Waals surface area contributed by atoms with E-state index >= 15 is 0 Å². The normalized spacial score (nSPS) is 12.8. The van der Waals surface area contributed by atoms with Crippen LogP contribution in [0.4, 0.5) is 0 Å². The molecule has 3 N–H and O–H groups in total. The number of nitrogens with one attached hydrogen (secondary N) is 2. The third kappa shape index (κ3) is 1.85. The molecule has 12 heavy (non-hydrogen) atoms. The molecule has 0 saturated heterocycles. The topological polar surface area (TPSA) is 65.1 Å². The fourth-order valence-electron chi connectivity index (χ4n) is 1.06. The van der Waals surface area contributed by atoms with E-state index in [1.54, 1.807) is 18.3 Å². The average molecular weight is 168 g/mol. The standard InChI is InChI=1S/C8H12N2O2/c1-2-9-7(8(11)12)6-4-3-5-10-6/h3-5,7,9-10H,2H2,1H3,(H,11,12). The van der Waals surface area contributed by atoms with E-state index in [9.17, 15) is 4.79 Å². The van der Waals surface area contributed by atoms with Gasteiger partial charge in [-0.2, -0.15) is 0 Å².